The van der Waals surface area contributed by atoms with Crippen LogP contribution in [-0.2, 0) is 33.5 Å². The number of aliphatic carboxylic acids is 1. The Labute approximate surface area is 451 Å². The number of carboxylic acids is 1. The lowest BCUT2D eigenvalue weighted by Crippen LogP contribution is -2.71. The van der Waals surface area contributed by atoms with Crippen LogP contribution >= 0.6 is 34.9 Å². The molecule has 1 saturated heterocycles. The van der Waals surface area contributed by atoms with Crippen molar-refractivity contribution in [2.75, 3.05) is 17.2 Å². The summed E-state index contributed by atoms with van der Waals surface area (Å²) in [7, 11) is 0. The Bertz CT molecular complexity index is 3340. The number of phenolic OH excluding ortho intramolecular Hbond substituents is 2. The summed E-state index contributed by atoms with van der Waals surface area (Å²) in [6, 6.07) is 38.8. The number of aliphatic imine (C=N–C) groups is 1. The molecule has 7 N–H and O–H groups in total. The van der Waals surface area contributed by atoms with Gasteiger partial charge in [0.2, 0.25) is 6.10 Å². The minimum absolute atomic E-state index is 0.00749. The van der Waals surface area contributed by atoms with Crippen LogP contribution in [0.3, 0.4) is 0 Å². The van der Waals surface area contributed by atoms with Gasteiger partial charge in [0, 0.05) is 28.2 Å². The van der Waals surface area contributed by atoms with Crippen LogP contribution in [0.5, 0.6) is 11.5 Å². The Hall–Kier alpha value is -8.90. The first-order valence-corrected chi connectivity index (χ1v) is 26.5. The van der Waals surface area contributed by atoms with Crippen LogP contribution in [0.4, 0.5) is 9.93 Å². The first-order chi connectivity index (χ1) is 37.3. The quantitative estimate of drug-likeness (QED) is 0.0170. The topological polar surface area (TPSA) is 271 Å². The third-order valence-electron chi connectivity index (χ3n) is 12.3. The highest BCUT2D eigenvalue weighted by atomic mass is 32.2. The molecule has 4 aliphatic heterocycles. The third-order valence-corrected chi connectivity index (χ3v) is 15.4. The number of amides is 3. The predicted molar refractivity (Wildman–Crippen MR) is 287 cm³/mol. The van der Waals surface area contributed by atoms with E-state index in [9.17, 15) is 39.3 Å². The number of aromatic hydroxyl groups is 2. The van der Waals surface area contributed by atoms with Crippen LogP contribution in [0.1, 0.15) is 58.7 Å². The monoisotopic (exact) mass is 1090 g/mol. The van der Waals surface area contributed by atoms with Gasteiger partial charge < -0.3 is 40.7 Å². The summed E-state index contributed by atoms with van der Waals surface area (Å²) in [4.78, 5) is 85.1. The van der Waals surface area contributed by atoms with Gasteiger partial charge in [-0.05, 0) is 53.0 Å². The second kappa shape index (κ2) is 22.5. The minimum Gasteiger partial charge on any atom is -0.504 e. The maximum atomic E-state index is 14.3. The fourth-order valence-electron chi connectivity index (χ4n) is 8.58. The SMILES string of the molecule is CC1=NC2=CN(C(=O)OC(c3ccccc3)c3ccccc3)NN2C(SCC2=C(C(=O)O)N3C(=O)[C@@H](NC(=O)/C(=N\OC(C(=O)OC(c4ccccc4)c4ccccc4)c4ccc(O)c(O)c4)c4csc(N)n4)[C@H]3SC2)=C1. The number of allylic oxidation sites excluding steroid dienone is 1. The number of esters is 1. The van der Waals surface area contributed by atoms with E-state index in [1.807, 2.05) is 72.8 Å². The third kappa shape index (κ3) is 11.1. The Morgan fingerprint density at radius 3 is 2.00 bits per heavy atom. The van der Waals surface area contributed by atoms with Crippen molar-refractivity contribution in [2.24, 2.45) is 10.1 Å². The number of hydrazine groups is 2. The number of carbonyl (C=O) groups excluding carboxylic acids is 4. The number of carboxylic acid groups (broad SMARTS) is 1. The van der Waals surface area contributed by atoms with Gasteiger partial charge in [-0.25, -0.2) is 29.4 Å². The lowest BCUT2D eigenvalue weighted by Gasteiger charge is -2.49. The number of rotatable bonds is 17. The number of nitrogens with one attached hydrogen (secondary N) is 2. The summed E-state index contributed by atoms with van der Waals surface area (Å²) in [5.74, 6) is -4.44. The zero-order chi connectivity index (χ0) is 53.7. The van der Waals surface area contributed by atoms with E-state index in [1.165, 1.54) is 46.2 Å². The van der Waals surface area contributed by atoms with Gasteiger partial charge in [0.25, 0.3) is 11.8 Å². The number of anilines is 1. The summed E-state index contributed by atoms with van der Waals surface area (Å²) in [6.45, 7) is 1.78. The molecule has 3 atom stereocenters. The molecule has 0 radical (unpaired) electrons. The molecule has 0 aliphatic carbocycles. The van der Waals surface area contributed by atoms with Crippen LogP contribution in [0.25, 0.3) is 0 Å². The van der Waals surface area contributed by atoms with Crippen LogP contribution in [0.15, 0.2) is 189 Å². The smallest absolute Gasteiger partial charge is 0.431 e. The number of hydrogen-bond acceptors (Lipinski definition) is 19. The number of nitrogen functional groups attached to an aromatic ring is 1. The molecule has 1 fully saturated rings. The van der Waals surface area contributed by atoms with E-state index in [1.54, 1.807) is 66.5 Å². The van der Waals surface area contributed by atoms with Crippen LogP contribution in [-0.4, -0.2) is 99.4 Å². The Balaban J connectivity index is 0.841. The number of phenols is 2. The second-order valence-corrected chi connectivity index (χ2v) is 20.4. The highest BCUT2D eigenvalue weighted by Gasteiger charge is 2.54. The molecule has 6 aromatic rings. The van der Waals surface area contributed by atoms with Crippen molar-refractivity contribution in [3.63, 3.8) is 0 Å². The van der Waals surface area contributed by atoms with Gasteiger partial charge in [-0.3, -0.25) is 14.5 Å². The molecule has 1 aromatic heterocycles. The van der Waals surface area contributed by atoms with Crippen molar-refractivity contribution in [3.8, 4) is 11.5 Å². The maximum Gasteiger partial charge on any atom is 0.431 e. The Morgan fingerprint density at radius 2 is 1.44 bits per heavy atom. The number of nitrogens with zero attached hydrogens (tertiary/aromatic N) is 6. The summed E-state index contributed by atoms with van der Waals surface area (Å²) in [5.41, 5.74) is 12.0. The average Bonchev–Trinajstić information content (AvgIpc) is 4.23. The maximum absolute atomic E-state index is 14.3. The van der Waals surface area contributed by atoms with Crippen molar-refractivity contribution in [1.29, 1.82) is 0 Å². The average molecular weight is 1090 g/mol. The highest BCUT2D eigenvalue weighted by Crippen LogP contribution is 2.43. The molecule has 5 heterocycles. The number of oxime groups is 1. The summed E-state index contributed by atoms with van der Waals surface area (Å²) in [6.07, 6.45) is -0.837. The molecule has 5 aromatic carbocycles. The van der Waals surface area contributed by atoms with Gasteiger partial charge in [0.05, 0.1) is 11.2 Å². The van der Waals surface area contributed by atoms with E-state index in [4.69, 9.17) is 20.0 Å². The molecule has 10 rings (SSSR count). The van der Waals surface area contributed by atoms with Gasteiger partial charge in [-0.1, -0.05) is 133 Å². The number of thiazole rings is 1. The predicted octanol–water partition coefficient (Wildman–Crippen LogP) is 7.48. The molecule has 0 spiro atoms. The molecule has 0 bridgehead atoms. The van der Waals surface area contributed by atoms with Crippen molar-refractivity contribution in [3.05, 3.63) is 213 Å². The zero-order valence-corrected chi connectivity index (χ0v) is 42.9. The summed E-state index contributed by atoms with van der Waals surface area (Å²) >= 11 is 3.47. The molecule has 4 aliphatic rings. The van der Waals surface area contributed by atoms with Crippen LogP contribution in [0, 0.1) is 0 Å². The normalized spacial score (nSPS) is 17.4. The van der Waals surface area contributed by atoms with Crippen LogP contribution < -0.4 is 16.6 Å². The number of ether oxygens (including phenoxy) is 2. The van der Waals surface area contributed by atoms with Crippen molar-refractivity contribution in [1.82, 2.24) is 30.8 Å². The molecule has 390 valence electrons. The van der Waals surface area contributed by atoms with E-state index >= 15 is 0 Å². The van der Waals surface area contributed by atoms with Crippen molar-refractivity contribution < 1.29 is 53.6 Å². The fourth-order valence-corrected chi connectivity index (χ4v) is 11.7. The van der Waals surface area contributed by atoms with E-state index in [0.29, 0.717) is 33.3 Å². The minimum atomic E-state index is -1.75. The molecule has 77 heavy (non-hydrogen) atoms. The van der Waals surface area contributed by atoms with Crippen molar-refractivity contribution >= 4 is 81.3 Å². The van der Waals surface area contributed by atoms with Crippen LogP contribution in [0.2, 0.25) is 0 Å². The first kappa shape index (κ1) is 51.6. The fraction of sp³-hybridized carbons (Fsp3) is 0.148. The zero-order valence-electron chi connectivity index (χ0n) is 40.4. The lowest BCUT2D eigenvalue weighted by molar-refractivity contribution is -0.162. The van der Waals surface area contributed by atoms with Gasteiger partial charge in [0.1, 0.15) is 22.8 Å². The van der Waals surface area contributed by atoms with Gasteiger partial charge >= 0.3 is 18.0 Å². The lowest BCUT2D eigenvalue weighted by atomic mass is 10.0. The molecule has 3 amide bonds. The number of nitrogens with two attached hydrogens (primary N) is 1. The van der Waals surface area contributed by atoms with Gasteiger partial charge in [0.15, 0.2) is 40.4 Å². The standard InChI is InChI=1S/C54H45N9O11S3/c1-30-24-41(63-40(56-30)26-61(60-63)54(71)73-46(33-18-10-4-11-19-33)34-20-12-5-13-21-34)75-27-36-28-76-50-43(49(67)62(50)44(36)51(68)69)58-48(66)42(37-29-77-53(55)57-37)59-74-47(35-22-23-38(64)39(65)25-35)52(70)72-45(31-14-6-2-7-15-31)32-16-8-3-9-17-32/h2-26,29,43,45-47,50,60,64-65H,27-28H2,1H3,(H2,55,57)(H,58,66)(H,68,69)/b59-42-/t43-,47?,50-/m1/s1. The van der Waals surface area contributed by atoms with Gasteiger partial charge in [-0.15, -0.1) is 40.4 Å². The highest BCUT2D eigenvalue weighted by molar-refractivity contribution is 8.03. The molecule has 1 unspecified atom stereocenters. The number of fused-ring (bicyclic) bond motifs is 2. The number of β-lactam (4-membered cyclic amide) rings is 1. The van der Waals surface area contributed by atoms with E-state index in [-0.39, 0.29) is 33.6 Å². The van der Waals surface area contributed by atoms with E-state index < -0.39 is 76.8 Å². The molecular formula is C54H45N9O11S3. The number of aromatic nitrogens is 1. The number of thioether (sulfide) groups is 2. The Morgan fingerprint density at radius 1 is 0.844 bits per heavy atom. The van der Waals surface area contributed by atoms with Gasteiger partial charge in [-0.2, -0.15) is 5.01 Å². The summed E-state index contributed by atoms with van der Waals surface area (Å²) in [5, 5.41) is 41.9. The Kier molecular flexibility index (Phi) is 15.1. The summed E-state index contributed by atoms with van der Waals surface area (Å²) < 4.78 is 12.1. The van der Waals surface area contributed by atoms with E-state index in [2.05, 4.69) is 26.0 Å². The first-order valence-electron chi connectivity index (χ1n) is 23.6. The molecule has 20 nitrogen and oxygen atoms in total. The largest absolute Gasteiger partial charge is 0.504 e. The molecule has 0 saturated carbocycles. The number of benzene rings is 5. The molecular weight excluding hydrogens is 1050 g/mol. The molecule has 23 heteroatoms. The number of hydrogen-bond donors (Lipinski definition) is 6. The van der Waals surface area contributed by atoms with Crippen molar-refractivity contribution in [2.45, 2.75) is 36.7 Å². The van der Waals surface area contributed by atoms with E-state index in [0.717, 1.165) is 39.5 Å². The number of carbonyl (C=O) groups is 5. The second-order valence-electron chi connectivity index (χ2n) is 17.4.